The Hall–Kier alpha value is -1.61. The summed E-state index contributed by atoms with van der Waals surface area (Å²) in [5.41, 5.74) is 1.22. The Morgan fingerprint density at radius 1 is 1.08 bits per heavy atom. The summed E-state index contributed by atoms with van der Waals surface area (Å²) in [5, 5.41) is 0. The summed E-state index contributed by atoms with van der Waals surface area (Å²) in [5.74, 6) is -0.146. The molecule has 128 valence electrons. The number of hydrogen-bond acceptors (Lipinski definition) is 3. The zero-order valence-corrected chi connectivity index (χ0v) is 16.1. The third kappa shape index (κ3) is 6.88. The van der Waals surface area contributed by atoms with Crippen LogP contribution in [0.3, 0.4) is 0 Å². The summed E-state index contributed by atoms with van der Waals surface area (Å²) in [6.07, 6.45) is 0. The first-order chi connectivity index (χ1) is 11.7. The zero-order valence-electron chi connectivity index (χ0n) is 14.4. The van der Waals surface area contributed by atoms with E-state index < -0.39 is 0 Å². The van der Waals surface area contributed by atoms with E-state index in [-0.39, 0.29) is 5.97 Å². The van der Waals surface area contributed by atoms with E-state index in [4.69, 9.17) is 4.74 Å². The van der Waals surface area contributed by atoms with Gasteiger partial charge in [-0.15, -0.1) is 0 Å². The number of carbonyl (C=O) groups is 1. The van der Waals surface area contributed by atoms with E-state index >= 15 is 0 Å². The molecule has 0 aliphatic rings. The number of rotatable bonds is 9. The van der Waals surface area contributed by atoms with Gasteiger partial charge in [-0.05, 0) is 0 Å². The Kier molecular flexibility index (Phi) is 8.03. The van der Waals surface area contributed by atoms with Crippen molar-refractivity contribution in [2.75, 3.05) is 19.7 Å². The Balaban J connectivity index is 1.97. The molecule has 0 radical (unpaired) electrons. The quantitative estimate of drug-likeness (QED) is 0.487. The van der Waals surface area contributed by atoms with Crippen LogP contribution < -0.4 is 4.46 Å². The minimum atomic E-state index is -0.146. The van der Waals surface area contributed by atoms with Crippen molar-refractivity contribution >= 4 is 25.4 Å². The van der Waals surface area contributed by atoms with Gasteiger partial charge in [0, 0.05) is 0 Å². The van der Waals surface area contributed by atoms with E-state index in [1.165, 1.54) is 10.0 Å². The van der Waals surface area contributed by atoms with Gasteiger partial charge in [0.1, 0.15) is 0 Å². The normalized spacial score (nSPS) is 12.1. The first-order valence-electron chi connectivity index (χ1n) is 8.31. The van der Waals surface area contributed by atoms with E-state index in [0.29, 0.717) is 32.9 Å². The average Bonchev–Trinajstić information content (AvgIpc) is 2.56. The van der Waals surface area contributed by atoms with Crippen LogP contribution in [0.5, 0.6) is 0 Å². The first kappa shape index (κ1) is 18.7. The average molecular weight is 390 g/mol. The van der Waals surface area contributed by atoms with Gasteiger partial charge < -0.3 is 0 Å². The molecule has 2 aromatic rings. The van der Waals surface area contributed by atoms with E-state index in [9.17, 15) is 4.79 Å². The first-order valence-corrected chi connectivity index (χ1v) is 10.2. The number of hydrogen-bond donors (Lipinski definition) is 0. The van der Waals surface area contributed by atoms with Gasteiger partial charge in [0.2, 0.25) is 0 Å². The second-order valence-corrected chi connectivity index (χ2v) is 8.87. The van der Waals surface area contributed by atoms with Gasteiger partial charge in [-0.3, -0.25) is 0 Å². The van der Waals surface area contributed by atoms with Crippen molar-refractivity contribution in [1.29, 1.82) is 0 Å². The monoisotopic (exact) mass is 391 g/mol. The molecule has 0 saturated carbocycles. The fourth-order valence-electron chi connectivity index (χ4n) is 2.55. The van der Waals surface area contributed by atoms with Crippen molar-refractivity contribution < 1.29 is 9.53 Å². The van der Waals surface area contributed by atoms with Crippen molar-refractivity contribution in [3.63, 3.8) is 0 Å². The van der Waals surface area contributed by atoms with Gasteiger partial charge in [-0.2, -0.15) is 0 Å². The number of benzene rings is 2. The van der Waals surface area contributed by atoms with Crippen molar-refractivity contribution in [3.8, 4) is 0 Å². The topological polar surface area (TPSA) is 29.5 Å². The second kappa shape index (κ2) is 10.3. The van der Waals surface area contributed by atoms with Gasteiger partial charge in [0.15, 0.2) is 0 Å². The molecule has 0 heterocycles. The van der Waals surface area contributed by atoms with Gasteiger partial charge in [-0.25, -0.2) is 0 Å². The molecule has 3 nitrogen and oxygen atoms in total. The molecule has 4 heteroatoms. The fraction of sp³-hybridized carbons (Fsp3) is 0.350. The predicted molar refractivity (Wildman–Crippen MR) is 99.6 cm³/mol. The molecule has 0 saturated heterocycles. The minimum absolute atomic E-state index is 0.146. The van der Waals surface area contributed by atoms with Crippen LogP contribution in [0.25, 0.3) is 0 Å². The Morgan fingerprint density at radius 3 is 2.33 bits per heavy atom. The fourth-order valence-corrected chi connectivity index (χ4v) is 4.78. The van der Waals surface area contributed by atoms with Crippen molar-refractivity contribution in [2.24, 2.45) is 0 Å². The molecule has 1 unspecified atom stereocenters. The van der Waals surface area contributed by atoms with Crippen molar-refractivity contribution in [1.82, 2.24) is 4.90 Å². The van der Waals surface area contributed by atoms with Crippen molar-refractivity contribution in [3.05, 3.63) is 66.2 Å². The molecule has 0 spiro atoms. The standard InChI is InChI=1S/C20H25NO2Se/c1-3-23-20(22)16-21(15-18-10-6-4-7-11-18)14-17(2)24-19-12-8-5-9-13-19/h4-13,17H,3,14-16H2,1-2H3. The van der Waals surface area contributed by atoms with E-state index in [2.05, 4.69) is 48.2 Å². The van der Waals surface area contributed by atoms with E-state index in [0.717, 1.165) is 13.1 Å². The summed E-state index contributed by atoms with van der Waals surface area (Å²) < 4.78 is 6.53. The molecule has 0 aromatic heterocycles. The van der Waals surface area contributed by atoms with Crippen LogP contribution in [0.1, 0.15) is 19.4 Å². The maximum absolute atomic E-state index is 11.9. The van der Waals surface area contributed by atoms with E-state index in [1.807, 2.05) is 31.2 Å². The molecular formula is C20H25NO2Se. The third-order valence-electron chi connectivity index (χ3n) is 3.50. The van der Waals surface area contributed by atoms with Gasteiger partial charge in [0.25, 0.3) is 0 Å². The number of esters is 1. The second-order valence-electron chi connectivity index (χ2n) is 5.70. The third-order valence-corrected chi connectivity index (χ3v) is 5.80. The molecule has 0 N–H and O–H groups in total. The molecule has 0 aliphatic carbocycles. The Morgan fingerprint density at radius 2 is 1.71 bits per heavy atom. The predicted octanol–water partition coefficient (Wildman–Crippen LogP) is 2.89. The van der Waals surface area contributed by atoms with Crippen molar-refractivity contribution in [2.45, 2.75) is 25.2 Å². The molecule has 1 atom stereocenters. The molecule has 2 aromatic carbocycles. The van der Waals surface area contributed by atoms with Crippen LogP contribution in [0.2, 0.25) is 4.82 Å². The molecule has 0 amide bonds. The Labute approximate surface area is 151 Å². The van der Waals surface area contributed by atoms with Gasteiger partial charge >= 0.3 is 151 Å². The van der Waals surface area contributed by atoms with Crippen LogP contribution in [-0.4, -0.2) is 45.5 Å². The van der Waals surface area contributed by atoms with Crippen LogP contribution in [0.4, 0.5) is 0 Å². The summed E-state index contributed by atoms with van der Waals surface area (Å²) in [6, 6.07) is 20.9. The summed E-state index contributed by atoms with van der Waals surface area (Å²) in [4.78, 5) is 14.6. The molecular weight excluding hydrogens is 365 g/mol. The molecule has 0 bridgehead atoms. The summed E-state index contributed by atoms with van der Waals surface area (Å²) in [6.45, 7) is 6.55. The van der Waals surface area contributed by atoms with Crippen LogP contribution in [0.15, 0.2) is 60.7 Å². The zero-order chi connectivity index (χ0) is 17.2. The number of nitrogens with zero attached hydrogens (tertiary/aromatic N) is 1. The number of carbonyl (C=O) groups excluding carboxylic acids is 1. The molecule has 0 fully saturated rings. The molecule has 2 rings (SSSR count). The van der Waals surface area contributed by atoms with Gasteiger partial charge in [0.05, 0.1) is 0 Å². The van der Waals surface area contributed by atoms with Crippen LogP contribution in [0, 0.1) is 0 Å². The van der Waals surface area contributed by atoms with E-state index in [1.54, 1.807) is 0 Å². The SMILES string of the molecule is CCOC(=O)CN(Cc1ccccc1)CC(C)[Se]c1ccccc1. The summed E-state index contributed by atoms with van der Waals surface area (Å²) in [7, 11) is 0. The molecule has 0 aliphatic heterocycles. The number of ether oxygens (including phenoxy) is 1. The summed E-state index contributed by atoms with van der Waals surface area (Å²) >= 11 is 0.394. The Bertz CT molecular complexity index is 604. The molecule has 24 heavy (non-hydrogen) atoms. The maximum atomic E-state index is 11.9. The van der Waals surface area contributed by atoms with Crippen LogP contribution in [-0.2, 0) is 16.1 Å². The van der Waals surface area contributed by atoms with Gasteiger partial charge in [-0.1, -0.05) is 0 Å². The van der Waals surface area contributed by atoms with Crippen LogP contribution >= 0.6 is 0 Å².